The van der Waals surface area contributed by atoms with Crippen molar-refractivity contribution in [1.29, 1.82) is 0 Å². The summed E-state index contributed by atoms with van der Waals surface area (Å²) in [7, 11) is 2.32. The molecular formula is C27H38N+. The van der Waals surface area contributed by atoms with Gasteiger partial charge in [0.2, 0.25) is 5.69 Å². The molecule has 2 aliphatic rings. The van der Waals surface area contributed by atoms with Crippen LogP contribution < -0.4 is 4.57 Å². The van der Waals surface area contributed by atoms with Gasteiger partial charge in [-0.2, -0.15) is 4.57 Å². The average Bonchev–Trinajstić information content (AvgIpc) is 2.83. The first-order chi connectivity index (χ1) is 12.7. The third-order valence-corrected chi connectivity index (χ3v) is 7.48. The van der Waals surface area contributed by atoms with E-state index in [1.54, 1.807) is 22.4 Å². The molecule has 0 bridgehead atoms. The predicted octanol–water partition coefficient (Wildman–Crippen LogP) is 6.40. The van der Waals surface area contributed by atoms with Gasteiger partial charge in [-0.25, -0.2) is 0 Å². The first kappa shape index (κ1) is 19.7. The minimum Gasteiger partial charge on any atom is -0.197 e. The van der Waals surface area contributed by atoms with Crippen molar-refractivity contribution in [2.75, 3.05) is 0 Å². The van der Waals surface area contributed by atoms with Crippen LogP contribution in [0.5, 0.6) is 0 Å². The molecule has 2 aromatic rings. The zero-order valence-electron chi connectivity index (χ0n) is 19.7. The maximum atomic E-state index is 2.58. The van der Waals surface area contributed by atoms with E-state index in [0.29, 0.717) is 0 Å². The molecule has 0 saturated heterocycles. The summed E-state index contributed by atoms with van der Waals surface area (Å²) in [4.78, 5) is 0. The number of aromatic nitrogens is 1. The van der Waals surface area contributed by atoms with E-state index in [1.165, 1.54) is 29.7 Å². The molecule has 0 saturated carbocycles. The van der Waals surface area contributed by atoms with Crippen molar-refractivity contribution < 1.29 is 4.57 Å². The Labute approximate surface area is 172 Å². The summed E-state index contributed by atoms with van der Waals surface area (Å²) in [5.74, 6) is 0. The fraction of sp³-hybridized carbons (Fsp3) is 0.593. The third-order valence-electron chi connectivity index (χ3n) is 7.48. The summed E-state index contributed by atoms with van der Waals surface area (Å²) in [6, 6.07) is 8.95. The lowest BCUT2D eigenvalue weighted by atomic mass is 9.75. The van der Waals surface area contributed by atoms with Gasteiger partial charge in [0, 0.05) is 16.7 Å². The van der Waals surface area contributed by atoms with E-state index in [-0.39, 0.29) is 21.7 Å². The number of aryl methyl sites for hydroxylation is 1. The minimum atomic E-state index is 0.173. The minimum absolute atomic E-state index is 0.173. The number of rotatable bonds is 1. The van der Waals surface area contributed by atoms with E-state index in [0.717, 1.165) is 0 Å². The number of benzene rings is 1. The monoisotopic (exact) mass is 376 g/mol. The van der Waals surface area contributed by atoms with Crippen LogP contribution in [-0.4, -0.2) is 0 Å². The molecule has 2 aliphatic carbocycles. The molecule has 0 fully saturated rings. The summed E-state index contributed by atoms with van der Waals surface area (Å²) >= 11 is 0. The van der Waals surface area contributed by atoms with Crippen LogP contribution in [-0.2, 0) is 28.7 Å². The molecule has 0 N–H and O–H groups in total. The van der Waals surface area contributed by atoms with E-state index in [1.807, 2.05) is 0 Å². The molecule has 0 spiro atoms. The van der Waals surface area contributed by atoms with E-state index < -0.39 is 0 Å². The Bertz CT molecular complexity index is 986. The van der Waals surface area contributed by atoms with Gasteiger partial charge in [-0.1, -0.05) is 59.7 Å². The number of hydrogen-bond donors (Lipinski definition) is 0. The van der Waals surface area contributed by atoms with Crippen molar-refractivity contribution in [1.82, 2.24) is 0 Å². The van der Waals surface area contributed by atoms with Gasteiger partial charge in [-0.05, 0) is 67.1 Å². The second-order valence-electron chi connectivity index (χ2n) is 12.1. The van der Waals surface area contributed by atoms with Gasteiger partial charge in [0.05, 0.1) is 5.41 Å². The topological polar surface area (TPSA) is 3.88 Å². The SMILES string of the molecule is Cc1ccccc1-c1c2c(c3c([n+]1C)C(C)(C)CC3(C)C)C(C)(C)CC2(C)C. The van der Waals surface area contributed by atoms with Crippen LogP contribution in [0.15, 0.2) is 24.3 Å². The van der Waals surface area contributed by atoms with E-state index in [2.05, 4.69) is 98.2 Å². The van der Waals surface area contributed by atoms with Crippen LogP contribution in [0.1, 0.15) is 96.2 Å². The predicted molar refractivity (Wildman–Crippen MR) is 119 cm³/mol. The maximum Gasteiger partial charge on any atom is 0.216 e. The molecular weight excluding hydrogens is 338 g/mol. The Balaban J connectivity index is 2.27. The van der Waals surface area contributed by atoms with Crippen LogP contribution >= 0.6 is 0 Å². The van der Waals surface area contributed by atoms with Crippen molar-refractivity contribution in [3.05, 3.63) is 52.2 Å². The molecule has 1 aromatic heterocycles. The zero-order valence-corrected chi connectivity index (χ0v) is 19.7. The smallest absolute Gasteiger partial charge is 0.197 e. The van der Waals surface area contributed by atoms with Gasteiger partial charge in [0.15, 0.2) is 5.69 Å². The van der Waals surface area contributed by atoms with Crippen LogP contribution in [0.25, 0.3) is 11.3 Å². The number of hydrogen-bond acceptors (Lipinski definition) is 0. The lowest BCUT2D eigenvalue weighted by molar-refractivity contribution is -0.671. The molecule has 0 aliphatic heterocycles. The van der Waals surface area contributed by atoms with Gasteiger partial charge >= 0.3 is 0 Å². The number of fused-ring (bicyclic) bond motifs is 3. The van der Waals surface area contributed by atoms with Gasteiger partial charge < -0.3 is 0 Å². The quantitative estimate of drug-likeness (QED) is 0.507. The second-order valence-corrected chi connectivity index (χ2v) is 12.1. The van der Waals surface area contributed by atoms with E-state index in [4.69, 9.17) is 0 Å². The highest BCUT2D eigenvalue weighted by Gasteiger charge is 2.57. The summed E-state index contributed by atoms with van der Waals surface area (Å²) in [5, 5.41) is 0. The lowest BCUT2D eigenvalue weighted by Gasteiger charge is -2.28. The largest absolute Gasteiger partial charge is 0.216 e. The van der Waals surface area contributed by atoms with Crippen molar-refractivity contribution in [3.63, 3.8) is 0 Å². The van der Waals surface area contributed by atoms with Gasteiger partial charge in [-0.3, -0.25) is 0 Å². The normalized spacial score (nSPS) is 22.8. The Kier molecular flexibility index (Phi) is 3.86. The fourth-order valence-electron chi connectivity index (χ4n) is 7.31. The summed E-state index contributed by atoms with van der Waals surface area (Å²) in [6.45, 7) is 22.0. The van der Waals surface area contributed by atoms with Gasteiger partial charge in [0.1, 0.15) is 7.05 Å². The highest BCUT2D eigenvalue weighted by atomic mass is 15.0. The van der Waals surface area contributed by atoms with Crippen molar-refractivity contribution in [2.24, 2.45) is 7.05 Å². The molecule has 150 valence electrons. The van der Waals surface area contributed by atoms with Crippen LogP contribution in [0, 0.1) is 6.92 Å². The Morgan fingerprint density at radius 1 is 0.679 bits per heavy atom. The van der Waals surface area contributed by atoms with Gasteiger partial charge in [0.25, 0.3) is 0 Å². The lowest BCUT2D eigenvalue weighted by Crippen LogP contribution is -2.44. The molecule has 4 rings (SSSR count). The van der Waals surface area contributed by atoms with Crippen LogP contribution in [0.4, 0.5) is 0 Å². The van der Waals surface area contributed by atoms with E-state index >= 15 is 0 Å². The van der Waals surface area contributed by atoms with Crippen molar-refractivity contribution in [3.8, 4) is 11.3 Å². The highest BCUT2D eigenvalue weighted by Crippen LogP contribution is 2.59. The van der Waals surface area contributed by atoms with Crippen molar-refractivity contribution >= 4 is 0 Å². The van der Waals surface area contributed by atoms with Crippen LogP contribution in [0.3, 0.4) is 0 Å². The zero-order chi connectivity index (χ0) is 20.9. The second kappa shape index (κ2) is 5.49. The van der Waals surface area contributed by atoms with Crippen LogP contribution in [0.2, 0.25) is 0 Å². The molecule has 0 atom stereocenters. The number of nitrogens with zero attached hydrogens (tertiary/aromatic N) is 1. The average molecular weight is 377 g/mol. The Hall–Kier alpha value is -1.63. The molecule has 1 aromatic carbocycles. The molecule has 0 amide bonds. The van der Waals surface area contributed by atoms with Crippen molar-refractivity contribution in [2.45, 2.75) is 96.8 Å². The number of pyridine rings is 1. The molecule has 1 heterocycles. The Morgan fingerprint density at radius 3 is 1.79 bits per heavy atom. The Morgan fingerprint density at radius 2 is 1.18 bits per heavy atom. The summed E-state index contributed by atoms with van der Waals surface area (Å²) in [6.07, 6.45) is 2.42. The molecule has 28 heavy (non-hydrogen) atoms. The summed E-state index contributed by atoms with van der Waals surface area (Å²) < 4.78 is 2.58. The molecule has 0 radical (unpaired) electrons. The maximum absolute atomic E-state index is 2.58. The molecule has 1 nitrogen and oxygen atoms in total. The molecule has 1 heteroatoms. The summed E-state index contributed by atoms with van der Waals surface area (Å²) in [5.41, 5.74) is 11.4. The highest BCUT2D eigenvalue weighted by molar-refractivity contribution is 5.71. The van der Waals surface area contributed by atoms with E-state index in [9.17, 15) is 0 Å². The third kappa shape index (κ3) is 2.47. The fourth-order valence-corrected chi connectivity index (χ4v) is 7.31. The molecule has 0 unspecified atom stereocenters. The first-order valence-corrected chi connectivity index (χ1v) is 10.9. The first-order valence-electron chi connectivity index (χ1n) is 10.9. The van der Waals surface area contributed by atoms with Gasteiger partial charge in [-0.15, -0.1) is 0 Å². The standard InChI is InChI=1S/C27H38N/c1-17-13-11-12-14-18(17)22-20-19(24(2,3)15-25(20,4)5)21-23(28(22)10)27(8,9)16-26(21,6)7/h11-14H,15-16H2,1-10H3/q+1.